The maximum atomic E-state index is 12.5. The summed E-state index contributed by atoms with van der Waals surface area (Å²) in [7, 11) is 1.60. The Labute approximate surface area is 157 Å². The third-order valence-electron chi connectivity index (χ3n) is 4.27. The molecule has 7 nitrogen and oxygen atoms in total. The maximum absolute atomic E-state index is 12.5. The van der Waals surface area contributed by atoms with Gasteiger partial charge in [-0.3, -0.25) is 4.79 Å². The van der Waals surface area contributed by atoms with Crippen LogP contribution in [-0.2, 0) is 4.79 Å². The highest BCUT2D eigenvalue weighted by Gasteiger charge is 2.31. The van der Waals surface area contributed by atoms with Crippen molar-refractivity contribution < 1.29 is 28.9 Å². The van der Waals surface area contributed by atoms with E-state index in [2.05, 4.69) is 0 Å². The third-order valence-corrected chi connectivity index (χ3v) is 4.27. The van der Waals surface area contributed by atoms with Crippen molar-refractivity contribution in [3.8, 4) is 17.2 Å². The molecule has 1 aliphatic rings. The maximum Gasteiger partial charge on any atom is 0.335 e. The van der Waals surface area contributed by atoms with E-state index >= 15 is 0 Å². The van der Waals surface area contributed by atoms with Crippen molar-refractivity contribution in [2.24, 2.45) is 0 Å². The molecule has 0 fully saturated rings. The van der Waals surface area contributed by atoms with Gasteiger partial charge in [0.15, 0.2) is 6.10 Å². The van der Waals surface area contributed by atoms with Gasteiger partial charge in [-0.15, -0.1) is 0 Å². The van der Waals surface area contributed by atoms with E-state index in [1.807, 2.05) is 24.3 Å². The zero-order valence-electron chi connectivity index (χ0n) is 15.2. The quantitative estimate of drug-likeness (QED) is 0.753. The van der Waals surface area contributed by atoms with Crippen LogP contribution < -0.4 is 19.1 Å². The Kier molecular flexibility index (Phi) is 5.49. The van der Waals surface area contributed by atoms with Gasteiger partial charge in [-0.2, -0.15) is 0 Å². The lowest BCUT2D eigenvalue weighted by Crippen LogP contribution is -2.45. The average molecular weight is 371 g/mol. The Balaban J connectivity index is 1.65. The molecule has 0 aliphatic carbocycles. The largest absolute Gasteiger partial charge is 0.497 e. The Morgan fingerprint density at radius 3 is 2.56 bits per heavy atom. The summed E-state index contributed by atoms with van der Waals surface area (Å²) in [6.45, 7) is 2.50. The molecule has 0 radical (unpaired) electrons. The lowest BCUT2D eigenvalue weighted by atomic mass is 10.1. The van der Waals surface area contributed by atoms with Gasteiger partial charge in [0.05, 0.1) is 25.0 Å². The van der Waals surface area contributed by atoms with Crippen molar-refractivity contribution in [2.45, 2.75) is 19.4 Å². The minimum Gasteiger partial charge on any atom is -0.497 e. The number of carbonyl (C=O) groups excluding carboxylic acids is 1. The van der Waals surface area contributed by atoms with E-state index in [1.54, 1.807) is 25.0 Å². The molecule has 1 aliphatic heterocycles. The minimum atomic E-state index is -1.05. The molecule has 0 bridgehead atoms. The number of fused-ring (bicyclic) bond motifs is 1. The lowest BCUT2D eigenvalue weighted by Gasteiger charge is -2.33. The number of hydrogen-bond donors (Lipinski definition) is 1. The van der Waals surface area contributed by atoms with Gasteiger partial charge in [0.1, 0.15) is 17.2 Å². The van der Waals surface area contributed by atoms with Gasteiger partial charge < -0.3 is 24.2 Å². The van der Waals surface area contributed by atoms with Crippen LogP contribution in [-0.4, -0.2) is 43.3 Å². The first-order chi connectivity index (χ1) is 13.0. The van der Waals surface area contributed by atoms with Crippen LogP contribution in [0.25, 0.3) is 0 Å². The van der Waals surface area contributed by atoms with E-state index in [9.17, 15) is 14.7 Å². The summed E-state index contributed by atoms with van der Waals surface area (Å²) >= 11 is 0. The third kappa shape index (κ3) is 4.13. The van der Waals surface area contributed by atoms with Crippen molar-refractivity contribution in [2.75, 3.05) is 25.2 Å². The SMILES string of the molecule is COc1ccc(OCCCN2C(=O)C(C)Oc3ccc(C(=O)O)cc32)cc1. The fourth-order valence-electron chi connectivity index (χ4n) is 2.86. The van der Waals surface area contributed by atoms with Crippen molar-refractivity contribution in [3.05, 3.63) is 48.0 Å². The number of amides is 1. The van der Waals surface area contributed by atoms with Crippen LogP contribution in [0.5, 0.6) is 17.2 Å². The summed E-state index contributed by atoms with van der Waals surface area (Å²) in [5, 5.41) is 9.19. The molecule has 0 aromatic heterocycles. The second-order valence-corrected chi connectivity index (χ2v) is 6.12. The van der Waals surface area contributed by atoms with Gasteiger partial charge in [-0.05, 0) is 55.8 Å². The number of carboxylic acid groups (broad SMARTS) is 1. The van der Waals surface area contributed by atoms with Gasteiger partial charge in [-0.25, -0.2) is 4.79 Å². The molecule has 2 aromatic carbocycles. The minimum absolute atomic E-state index is 0.110. The summed E-state index contributed by atoms with van der Waals surface area (Å²) in [6, 6.07) is 11.8. The molecular formula is C20H21NO6. The van der Waals surface area contributed by atoms with Crippen molar-refractivity contribution in [1.29, 1.82) is 0 Å². The van der Waals surface area contributed by atoms with E-state index < -0.39 is 12.1 Å². The molecule has 1 N–H and O–H groups in total. The number of anilines is 1. The molecule has 142 valence electrons. The van der Waals surface area contributed by atoms with Crippen molar-refractivity contribution >= 4 is 17.6 Å². The molecule has 1 unspecified atom stereocenters. The molecule has 7 heteroatoms. The highest BCUT2D eigenvalue weighted by atomic mass is 16.5. The smallest absolute Gasteiger partial charge is 0.335 e. The molecule has 0 saturated heterocycles. The Morgan fingerprint density at radius 1 is 1.19 bits per heavy atom. The number of ether oxygens (including phenoxy) is 3. The molecule has 1 amide bonds. The molecule has 1 atom stereocenters. The summed E-state index contributed by atoms with van der Waals surface area (Å²) in [5.41, 5.74) is 0.585. The average Bonchev–Trinajstić information content (AvgIpc) is 2.67. The first kappa shape index (κ1) is 18.6. The lowest BCUT2D eigenvalue weighted by molar-refractivity contribution is -0.125. The topological polar surface area (TPSA) is 85.3 Å². The van der Waals surface area contributed by atoms with Gasteiger partial charge in [0.25, 0.3) is 5.91 Å². The van der Waals surface area contributed by atoms with Gasteiger partial charge in [0, 0.05) is 6.54 Å². The number of aromatic carboxylic acids is 1. The van der Waals surface area contributed by atoms with Crippen LogP contribution in [0.1, 0.15) is 23.7 Å². The van der Waals surface area contributed by atoms with E-state index in [-0.39, 0.29) is 11.5 Å². The molecule has 2 aromatic rings. The highest BCUT2D eigenvalue weighted by Crippen LogP contribution is 2.35. The van der Waals surface area contributed by atoms with E-state index in [0.29, 0.717) is 36.8 Å². The zero-order chi connectivity index (χ0) is 19.4. The monoisotopic (exact) mass is 371 g/mol. The molecule has 1 heterocycles. The number of carboxylic acids is 1. The number of rotatable bonds is 7. The first-order valence-electron chi connectivity index (χ1n) is 8.62. The second kappa shape index (κ2) is 7.99. The summed E-state index contributed by atoms with van der Waals surface area (Å²) in [4.78, 5) is 25.3. The van der Waals surface area contributed by atoms with Gasteiger partial charge in [-0.1, -0.05) is 0 Å². The fourth-order valence-corrected chi connectivity index (χ4v) is 2.86. The first-order valence-corrected chi connectivity index (χ1v) is 8.62. The van der Waals surface area contributed by atoms with Crippen LogP contribution in [0.4, 0.5) is 5.69 Å². The number of hydrogen-bond acceptors (Lipinski definition) is 5. The normalized spacial score (nSPS) is 15.7. The second-order valence-electron chi connectivity index (χ2n) is 6.12. The molecular weight excluding hydrogens is 350 g/mol. The molecule has 0 saturated carbocycles. The number of nitrogens with zero attached hydrogens (tertiary/aromatic N) is 1. The summed E-state index contributed by atoms with van der Waals surface area (Å²) < 4.78 is 16.4. The van der Waals surface area contributed by atoms with Crippen LogP contribution in [0.15, 0.2) is 42.5 Å². The predicted molar refractivity (Wildman–Crippen MR) is 99.0 cm³/mol. The molecule has 27 heavy (non-hydrogen) atoms. The molecule has 3 rings (SSSR count). The Morgan fingerprint density at radius 2 is 1.89 bits per heavy atom. The van der Waals surface area contributed by atoms with Crippen LogP contribution in [0.2, 0.25) is 0 Å². The van der Waals surface area contributed by atoms with Gasteiger partial charge in [0.2, 0.25) is 0 Å². The van der Waals surface area contributed by atoms with Crippen molar-refractivity contribution in [1.82, 2.24) is 0 Å². The van der Waals surface area contributed by atoms with Crippen molar-refractivity contribution in [3.63, 3.8) is 0 Å². The van der Waals surface area contributed by atoms with Crippen LogP contribution >= 0.6 is 0 Å². The number of carbonyl (C=O) groups is 2. The van der Waals surface area contributed by atoms with Crippen LogP contribution in [0, 0.1) is 0 Å². The van der Waals surface area contributed by atoms with Crippen LogP contribution in [0.3, 0.4) is 0 Å². The van der Waals surface area contributed by atoms with Gasteiger partial charge >= 0.3 is 5.97 Å². The van der Waals surface area contributed by atoms with E-state index in [1.165, 1.54) is 12.1 Å². The fraction of sp³-hybridized carbons (Fsp3) is 0.300. The number of benzene rings is 2. The predicted octanol–water partition coefficient (Wildman–Crippen LogP) is 2.98. The number of methoxy groups -OCH3 is 1. The van der Waals surface area contributed by atoms with E-state index in [4.69, 9.17) is 14.2 Å². The summed E-state index contributed by atoms with van der Waals surface area (Å²) in [6.07, 6.45) is -0.0306. The Hall–Kier alpha value is -3.22. The molecule has 0 spiro atoms. The highest BCUT2D eigenvalue weighted by molar-refractivity contribution is 6.01. The zero-order valence-corrected chi connectivity index (χ0v) is 15.2. The Bertz CT molecular complexity index is 833. The standard InChI is InChI=1S/C20H21NO6/c1-13-19(22)21(17-12-14(20(23)24)4-9-18(17)27-13)10-3-11-26-16-7-5-15(25-2)6-8-16/h4-9,12-13H,3,10-11H2,1-2H3,(H,23,24). The van der Waals surface area contributed by atoms with E-state index in [0.717, 1.165) is 5.75 Å². The summed E-state index contributed by atoms with van der Waals surface area (Å²) in [5.74, 6) is 0.719.